The van der Waals surface area contributed by atoms with E-state index in [-0.39, 0.29) is 18.6 Å². The van der Waals surface area contributed by atoms with Crippen LogP contribution in [0.3, 0.4) is 0 Å². The Bertz CT molecular complexity index is 443. The first-order chi connectivity index (χ1) is 8.52. The summed E-state index contributed by atoms with van der Waals surface area (Å²) < 4.78 is 5.18. The Morgan fingerprint density at radius 1 is 1.61 bits per heavy atom. The van der Waals surface area contributed by atoms with E-state index in [2.05, 4.69) is 0 Å². The lowest BCUT2D eigenvalue weighted by Gasteiger charge is -2.41. The molecule has 1 aromatic heterocycles. The van der Waals surface area contributed by atoms with Gasteiger partial charge in [-0.25, -0.2) is 4.79 Å². The molecule has 2 unspecified atom stereocenters. The normalized spacial score (nSPS) is 24.6. The largest absolute Gasteiger partial charge is 0.479 e. The van der Waals surface area contributed by atoms with Gasteiger partial charge in [0, 0.05) is 6.04 Å². The van der Waals surface area contributed by atoms with Crippen LogP contribution in [0.4, 0.5) is 0 Å². The van der Waals surface area contributed by atoms with E-state index in [1.807, 2.05) is 30.7 Å². The summed E-state index contributed by atoms with van der Waals surface area (Å²) in [7, 11) is 0. The summed E-state index contributed by atoms with van der Waals surface area (Å²) >= 11 is 1.48. The molecule has 2 rings (SSSR count). The number of carboxylic acid groups (broad SMARTS) is 1. The van der Waals surface area contributed by atoms with Gasteiger partial charge in [-0.2, -0.15) is 11.3 Å². The second-order valence-electron chi connectivity index (χ2n) is 4.47. The molecule has 2 atom stereocenters. The van der Waals surface area contributed by atoms with E-state index in [1.165, 1.54) is 11.3 Å². The molecule has 18 heavy (non-hydrogen) atoms. The maximum Gasteiger partial charge on any atom is 0.335 e. The molecule has 1 N–H and O–H groups in total. The Morgan fingerprint density at radius 2 is 2.33 bits per heavy atom. The summed E-state index contributed by atoms with van der Waals surface area (Å²) in [5, 5.41) is 13.0. The third-order valence-electron chi connectivity index (χ3n) is 2.95. The fourth-order valence-electron chi connectivity index (χ4n) is 2.22. The van der Waals surface area contributed by atoms with Gasteiger partial charge in [0.2, 0.25) is 5.91 Å². The van der Waals surface area contributed by atoms with Gasteiger partial charge in [0.25, 0.3) is 0 Å². The van der Waals surface area contributed by atoms with Crippen molar-refractivity contribution in [2.24, 2.45) is 0 Å². The standard InChI is InChI=1S/C12H15NO4S/c1-7(2)13-9(14)5-17-11(12(15)16)10(13)8-3-4-18-6-8/h3-4,6-7,10-11H,5H2,1-2H3,(H,15,16). The van der Waals surface area contributed by atoms with Crippen LogP contribution in [0.25, 0.3) is 0 Å². The summed E-state index contributed by atoms with van der Waals surface area (Å²) in [6.45, 7) is 3.58. The van der Waals surface area contributed by atoms with Gasteiger partial charge in [-0.15, -0.1) is 0 Å². The number of thiophene rings is 1. The molecule has 1 aliphatic rings. The number of hydrogen-bond acceptors (Lipinski definition) is 4. The van der Waals surface area contributed by atoms with Crippen molar-refractivity contribution in [3.8, 4) is 0 Å². The highest BCUT2D eigenvalue weighted by atomic mass is 32.1. The number of morpholine rings is 1. The molecule has 0 bridgehead atoms. The molecule has 98 valence electrons. The van der Waals surface area contributed by atoms with Gasteiger partial charge in [-0.3, -0.25) is 4.79 Å². The van der Waals surface area contributed by atoms with Crippen molar-refractivity contribution in [3.63, 3.8) is 0 Å². The number of hydrogen-bond donors (Lipinski definition) is 1. The van der Waals surface area contributed by atoms with Crippen LogP contribution in [-0.2, 0) is 14.3 Å². The van der Waals surface area contributed by atoms with Crippen LogP contribution in [0.15, 0.2) is 16.8 Å². The Balaban J connectivity index is 2.41. The van der Waals surface area contributed by atoms with E-state index in [1.54, 1.807) is 4.90 Å². The van der Waals surface area contributed by atoms with Crippen molar-refractivity contribution in [1.29, 1.82) is 0 Å². The maximum absolute atomic E-state index is 11.9. The van der Waals surface area contributed by atoms with Crippen LogP contribution in [0.1, 0.15) is 25.5 Å². The molecule has 1 amide bonds. The van der Waals surface area contributed by atoms with Gasteiger partial charge in [0.1, 0.15) is 6.61 Å². The molecule has 0 radical (unpaired) electrons. The molecule has 2 heterocycles. The first-order valence-corrected chi connectivity index (χ1v) is 6.64. The zero-order chi connectivity index (χ0) is 13.3. The zero-order valence-electron chi connectivity index (χ0n) is 10.2. The van der Waals surface area contributed by atoms with Gasteiger partial charge in [0.15, 0.2) is 6.10 Å². The van der Waals surface area contributed by atoms with Crippen molar-refractivity contribution >= 4 is 23.2 Å². The summed E-state index contributed by atoms with van der Waals surface area (Å²) in [5.74, 6) is -1.21. The first kappa shape index (κ1) is 13.0. The molecule has 0 saturated carbocycles. The molecule has 0 aromatic carbocycles. The molecule has 1 aliphatic heterocycles. The summed E-state index contributed by atoms with van der Waals surface area (Å²) in [4.78, 5) is 24.8. The van der Waals surface area contributed by atoms with Crippen molar-refractivity contribution in [1.82, 2.24) is 4.90 Å². The monoisotopic (exact) mass is 269 g/mol. The Hall–Kier alpha value is -1.40. The SMILES string of the molecule is CC(C)N1C(=O)COC(C(=O)O)C1c1ccsc1. The average molecular weight is 269 g/mol. The fourth-order valence-corrected chi connectivity index (χ4v) is 2.91. The lowest BCUT2D eigenvalue weighted by atomic mass is 9.99. The van der Waals surface area contributed by atoms with Crippen LogP contribution in [0.2, 0.25) is 0 Å². The van der Waals surface area contributed by atoms with Crippen LogP contribution in [0, 0.1) is 0 Å². The predicted molar refractivity (Wildman–Crippen MR) is 66.4 cm³/mol. The molecule has 0 aliphatic carbocycles. The molecule has 6 heteroatoms. The number of rotatable bonds is 3. The lowest BCUT2D eigenvalue weighted by Crippen LogP contribution is -2.54. The summed E-state index contributed by atoms with van der Waals surface area (Å²) in [6.07, 6.45) is -1.00. The van der Waals surface area contributed by atoms with Crippen molar-refractivity contribution in [2.75, 3.05) is 6.61 Å². The van der Waals surface area contributed by atoms with Gasteiger partial charge in [-0.05, 0) is 36.2 Å². The highest BCUT2D eigenvalue weighted by molar-refractivity contribution is 7.08. The molecule has 1 saturated heterocycles. The minimum Gasteiger partial charge on any atom is -0.479 e. The quantitative estimate of drug-likeness (QED) is 0.903. The molecule has 5 nitrogen and oxygen atoms in total. The van der Waals surface area contributed by atoms with Crippen molar-refractivity contribution in [3.05, 3.63) is 22.4 Å². The minimum absolute atomic E-state index is 0.0619. The van der Waals surface area contributed by atoms with E-state index in [9.17, 15) is 14.7 Å². The highest BCUT2D eigenvalue weighted by Crippen LogP contribution is 2.33. The van der Waals surface area contributed by atoms with Gasteiger partial charge in [-0.1, -0.05) is 0 Å². The van der Waals surface area contributed by atoms with Crippen LogP contribution in [-0.4, -0.2) is 40.6 Å². The number of carbonyl (C=O) groups is 2. The van der Waals surface area contributed by atoms with E-state index in [4.69, 9.17) is 4.74 Å². The van der Waals surface area contributed by atoms with Gasteiger partial charge >= 0.3 is 5.97 Å². The van der Waals surface area contributed by atoms with Gasteiger partial charge < -0.3 is 14.7 Å². The molecular weight excluding hydrogens is 254 g/mol. The number of carboxylic acids is 1. The second kappa shape index (κ2) is 5.07. The number of aliphatic carboxylic acids is 1. The van der Waals surface area contributed by atoms with Crippen LogP contribution < -0.4 is 0 Å². The Kier molecular flexibility index (Phi) is 3.68. The molecular formula is C12H15NO4S. The molecule has 1 fully saturated rings. The third-order valence-corrected chi connectivity index (χ3v) is 3.65. The smallest absolute Gasteiger partial charge is 0.335 e. The Morgan fingerprint density at radius 3 is 2.83 bits per heavy atom. The maximum atomic E-state index is 11.9. The predicted octanol–water partition coefficient (Wildman–Crippen LogP) is 1.51. The number of amides is 1. The van der Waals surface area contributed by atoms with Crippen molar-refractivity contribution in [2.45, 2.75) is 32.0 Å². The number of nitrogens with zero attached hydrogens (tertiary/aromatic N) is 1. The second-order valence-corrected chi connectivity index (χ2v) is 5.25. The highest BCUT2D eigenvalue weighted by Gasteiger charge is 2.42. The van der Waals surface area contributed by atoms with E-state index in [0.29, 0.717) is 0 Å². The third kappa shape index (κ3) is 2.26. The van der Waals surface area contributed by atoms with E-state index in [0.717, 1.165) is 5.56 Å². The number of ether oxygens (including phenoxy) is 1. The first-order valence-electron chi connectivity index (χ1n) is 5.70. The minimum atomic E-state index is -1.04. The summed E-state index contributed by atoms with van der Waals surface area (Å²) in [5.41, 5.74) is 0.814. The van der Waals surface area contributed by atoms with E-state index >= 15 is 0 Å². The Labute approximate surface area is 109 Å². The zero-order valence-corrected chi connectivity index (χ0v) is 11.0. The summed E-state index contributed by atoms with van der Waals surface area (Å²) in [6, 6.07) is 1.23. The molecule has 0 spiro atoms. The molecule has 1 aromatic rings. The van der Waals surface area contributed by atoms with Gasteiger partial charge in [0.05, 0.1) is 6.04 Å². The fraction of sp³-hybridized carbons (Fsp3) is 0.500. The lowest BCUT2D eigenvalue weighted by molar-refractivity contribution is -0.175. The van der Waals surface area contributed by atoms with Crippen LogP contribution in [0.5, 0.6) is 0 Å². The van der Waals surface area contributed by atoms with Crippen LogP contribution >= 0.6 is 11.3 Å². The average Bonchev–Trinajstić information content (AvgIpc) is 2.80. The number of carbonyl (C=O) groups excluding carboxylic acids is 1. The van der Waals surface area contributed by atoms with E-state index < -0.39 is 18.1 Å². The van der Waals surface area contributed by atoms with Crippen molar-refractivity contribution < 1.29 is 19.4 Å². The topological polar surface area (TPSA) is 66.8 Å².